The number of rotatable bonds is 7. The quantitative estimate of drug-likeness (QED) is 0.772. The number of piperidine rings is 1. The Morgan fingerprint density at radius 1 is 1.35 bits per heavy atom. The van der Waals surface area contributed by atoms with Crippen LogP contribution >= 0.6 is 0 Å². The van der Waals surface area contributed by atoms with E-state index in [9.17, 15) is 4.79 Å². The number of hydrogen-bond acceptors (Lipinski definition) is 5. The Morgan fingerprint density at radius 3 is 2.88 bits per heavy atom. The monoisotopic (exact) mass is 356 g/mol. The fourth-order valence-corrected chi connectivity index (χ4v) is 3.30. The number of carbonyl (C=O) groups is 1. The predicted molar refractivity (Wildman–Crippen MR) is 100 cm³/mol. The van der Waals surface area contributed by atoms with Gasteiger partial charge in [0.1, 0.15) is 0 Å². The largest absolute Gasteiger partial charge is 0.356 e. The first-order valence-electron chi connectivity index (χ1n) is 9.55. The minimum atomic E-state index is 0.133. The second kappa shape index (κ2) is 8.94. The highest BCUT2D eigenvalue weighted by atomic mass is 16.5. The maximum Gasteiger partial charge on any atom is 0.241 e. The topological polar surface area (TPSA) is 71.3 Å². The lowest BCUT2D eigenvalue weighted by molar-refractivity contribution is -0.126. The second-order valence-corrected chi connectivity index (χ2v) is 7.08. The van der Waals surface area contributed by atoms with Crippen LogP contribution in [0.1, 0.15) is 44.1 Å². The van der Waals surface area contributed by atoms with Crippen molar-refractivity contribution in [3.05, 3.63) is 35.7 Å². The van der Waals surface area contributed by atoms with Gasteiger partial charge < -0.3 is 9.84 Å². The molecule has 3 rings (SSSR count). The summed E-state index contributed by atoms with van der Waals surface area (Å²) in [6.45, 7) is 7.38. The van der Waals surface area contributed by atoms with E-state index < -0.39 is 0 Å². The molecule has 140 valence electrons. The molecule has 1 fully saturated rings. The summed E-state index contributed by atoms with van der Waals surface area (Å²) in [4.78, 5) is 19.0. The number of aromatic nitrogens is 2. The Bertz CT molecular complexity index is 720. The summed E-state index contributed by atoms with van der Waals surface area (Å²) >= 11 is 0. The van der Waals surface area contributed by atoms with Gasteiger partial charge in [0.15, 0.2) is 0 Å². The molecule has 0 spiro atoms. The number of carbonyl (C=O) groups excluding carboxylic acids is 1. The SMILES string of the molecule is CCCCNC(=O)C1CCN(Cc2nc(-c3cccc(C)c3)no2)CC1. The molecule has 1 amide bonds. The van der Waals surface area contributed by atoms with E-state index in [0.29, 0.717) is 18.3 Å². The van der Waals surface area contributed by atoms with Gasteiger partial charge >= 0.3 is 0 Å². The van der Waals surface area contributed by atoms with Gasteiger partial charge in [0.25, 0.3) is 0 Å². The third-order valence-electron chi connectivity index (χ3n) is 4.89. The van der Waals surface area contributed by atoms with E-state index in [1.54, 1.807) is 0 Å². The molecular formula is C20H28N4O2. The first kappa shape index (κ1) is 18.6. The number of unbranched alkanes of at least 4 members (excludes halogenated alkanes) is 1. The number of aryl methyl sites for hydroxylation is 1. The fraction of sp³-hybridized carbons (Fsp3) is 0.550. The van der Waals surface area contributed by atoms with Crippen LogP contribution in [0.5, 0.6) is 0 Å². The van der Waals surface area contributed by atoms with E-state index in [4.69, 9.17) is 4.52 Å². The van der Waals surface area contributed by atoms with Crippen molar-refractivity contribution in [2.45, 2.75) is 46.1 Å². The van der Waals surface area contributed by atoms with Gasteiger partial charge in [-0.15, -0.1) is 0 Å². The Kier molecular flexibility index (Phi) is 6.39. The first-order chi connectivity index (χ1) is 12.7. The normalized spacial score (nSPS) is 15.9. The van der Waals surface area contributed by atoms with Gasteiger partial charge in [-0.25, -0.2) is 0 Å². The van der Waals surface area contributed by atoms with Crippen molar-refractivity contribution in [3.8, 4) is 11.4 Å². The molecule has 0 aliphatic carbocycles. The van der Waals surface area contributed by atoms with Crippen LogP contribution in [-0.4, -0.2) is 40.6 Å². The van der Waals surface area contributed by atoms with Gasteiger partial charge in [0.05, 0.1) is 6.54 Å². The predicted octanol–water partition coefficient (Wildman–Crippen LogP) is 3.17. The smallest absolute Gasteiger partial charge is 0.241 e. The van der Waals surface area contributed by atoms with Crippen LogP contribution in [0.3, 0.4) is 0 Å². The van der Waals surface area contributed by atoms with Crippen molar-refractivity contribution in [2.24, 2.45) is 5.92 Å². The Labute approximate surface area is 155 Å². The second-order valence-electron chi connectivity index (χ2n) is 7.08. The van der Waals surface area contributed by atoms with E-state index >= 15 is 0 Å². The molecule has 0 atom stereocenters. The van der Waals surface area contributed by atoms with Gasteiger partial charge in [-0.2, -0.15) is 4.98 Å². The van der Waals surface area contributed by atoms with Crippen LogP contribution in [0.25, 0.3) is 11.4 Å². The average Bonchev–Trinajstić information content (AvgIpc) is 3.11. The summed E-state index contributed by atoms with van der Waals surface area (Å²) in [5, 5.41) is 7.15. The summed E-state index contributed by atoms with van der Waals surface area (Å²) in [7, 11) is 0. The molecule has 1 aromatic heterocycles. The molecular weight excluding hydrogens is 328 g/mol. The summed E-state index contributed by atoms with van der Waals surface area (Å²) in [5.74, 6) is 1.60. The molecule has 2 heterocycles. The van der Waals surface area contributed by atoms with Gasteiger partial charge in [-0.05, 0) is 45.3 Å². The van der Waals surface area contributed by atoms with E-state index in [1.165, 1.54) is 5.56 Å². The summed E-state index contributed by atoms with van der Waals surface area (Å²) in [6.07, 6.45) is 3.92. The summed E-state index contributed by atoms with van der Waals surface area (Å²) in [5.41, 5.74) is 2.15. The van der Waals surface area contributed by atoms with E-state index in [2.05, 4.69) is 33.3 Å². The van der Waals surface area contributed by atoms with Gasteiger partial charge in [0, 0.05) is 18.0 Å². The van der Waals surface area contributed by atoms with Gasteiger partial charge in [0.2, 0.25) is 17.6 Å². The van der Waals surface area contributed by atoms with E-state index in [-0.39, 0.29) is 11.8 Å². The first-order valence-corrected chi connectivity index (χ1v) is 9.55. The molecule has 6 nitrogen and oxygen atoms in total. The highest BCUT2D eigenvalue weighted by Crippen LogP contribution is 2.21. The molecule has 6 heteroatoms. The lowest BCUT2D eigenvalue weighted by Crippen LogP contribution is -2.40. The van der Waals surface area contributed by atoms with Crippen LogP contribution in [-0.2, 0) is 11.3 Å². The standard InChI is InChI=1S/C20H28N4O2/c1-3-4-10-21-20(25)16-8-11-24(12-9-16)14-18-22-19(23-26-18)17-7-5-6-15(2)13-17/h5-7,13,16H,3-4,8-12,14H2,1-2H3,(H,21,25). The summed E-state index contributed by atoms with van der Waals surface area (Å²) < 4.78 is 5.42. The number of nitrogens with one attached hydrogen (secondary N) is 1. The Balaban J connectivity index is 1.48. The molecule has 26 heavy (non-hydrogen) atoms. The zero-order valence-electron chi connectivity index (χ0n) is 15.7. The maximum atomic E-state index is 12.2. The molecule has 1 aliphatic heterocycles. The molecule has 1 aliphatic rings. The number of likely N-dealkylation sites (tertiary alicyclic amines) is 1. The van der Waals surface area contributed by atoms with Crippen LogP contribution in [0, 0.1) is 12.8 Å². The number of nitrogens with zero attached hydrogens (tertiary/aromatic N) is 3. The van der Waals surface area contributed by atoms with Crippen LogP contribution in [0.4, 0.5) is 0 Å². The molecule has 0 bridgehead atoms. The molecule has 1 saturated heterocycles. The van der Waals surface area contributed by atoms with Crippen LogP contribution in [0.15, 0.2) is 28.8 Å². The van der Waals surface area contributed by atoms with Crippen LogP contribution < -0.4 is 5.32 Å². The number of hydrogen-bond donors (Lipinski definition) is 1. The highest BCUT2D eigenvalue weighted by molar-refractivity contribution is 5.78. The molecule has 1 aromatic carbocycles. The zero-order chi connectivity index (χ0) is 18.4. The van der Waals surface area contributed by atoms with Crippen molar-refractivity contribution < 1.29 is 9.32 Å². The Hall–Kier alpha value is -2.21. The van der Waals surface area contributed by atoms with Gasteiger partial charge in [-0.3, -0.25) is 9.69 Å². The number of amides is 1. The molecule has 0 radical (unpaired) electrons. The van der Waals surface area contributed by atoms with Crippen molar-refractivity contribution >= 4 is 5.91 Å². The lowest BCUT2D eigenvalue weighted by Gasteiger charge is -2.30. The van der Waals surface area contributed by atoms with Crippen molar-refractivity contribution in [1.82, 2.24) is 20.4 Å². The molecule has 0 saturated carbocycles. The van der Waals surface area contributed by atoms with E-state index in [0.717, 1.165) is 50.9 Å². The minimum absolute atomic E-state index is 0.133. The average molecular weight is 356 g/mol. The molecule has 0 unspecified atom stereocenters. The third-order valence-corrected chi connectivity index (χ3v) is 4.89. The van der Waals surface area contributed by atoms with Gasteiger partial charge in [-0.1, -0.05) is 42.3 Å². The van der Waals surface area contributed by atoms with Crippen molar-refractivity contribution in [3.63, 3.8) is 0 Å². The molecule has 2 aromatic rings. The third kappa shape index (κ3) is 4.91. The van der Waals surface area contributed by atoms with E-state index in [1.807, 2.05) is 25.1 Å². The lowest BCUT2D eigenvalue weighted by atomic mass is 9.96. The highest BCUT2D eigenvalue weighted by Gasteiger charge is 2.25. The zero-order valence-corrected chi connectivity index (χ0v) is 15.7. The Morgan fingerprint density at radius 2 is 2.15 bits per heavy atom. The minimum Gasteiger partial charge on any atom is -0.356 e. The maximum absolute atomic E-state index is 12.2. The van der Waals surface area contributed by atoms with Crippen molar-refractivity contribution in [2.75, 3.05) is 19.6 Å². The molecule has 1 N–H and O–H groups in total. The summed E-state index contributed by atoms with van der Waals surface area (Å²) in [6, 6.07) is 8.09. The van der Waals surface area contributed by atoms with Crippen molar-refractivity contribution in [1.29, 1.82) is 0 Å². The van der Waals surface area contributed by atoms with Crippen LogP contribution in [0.2, 0.25) is 0 Å². The number of benzene rings is 1. The fourth-order valence-electron chi connectivity index (χ4n) is 3.30.